The molecule has 1 amide bonds. The average molecular weight is 444 g/mol. The maximum atomic E-state index is 13.2. The molecule has 0 unspecified atom stereocenters. The van der Waals surface area contributed by atoms with Crippen molar-refractivity contribution in [2.45, 2.75) is 24.5 Å². The Kier molecular flexibility index (Phi) is 5.66. The highest BCUT2D eigenvalue weighted by atomic mass is 32.2. The van der Waals surface area contributed by atoms with Gasteiger partial charge in [0, 0.05) is 6.04 Å². The van der Waals surface area contributed by atoms with Crippen molar-refractivity contribution in [1.29, 1.82) is 0 Å². The molecule has 156 valence electrons. The van der Waals surface area contributed by atoms with Gasteiger partial charge in [-0.05, 0) is 37.1 Å². The summed E-state index contributed by atoms with van der Waals surface area (Å²) in [6.45, 7) is 1.92. The highest BCUT2D eigenvalue weighted by molar-refractivity contribution is 7.99. The van der Waals surface area contributed by atoms with Crippen LogP contribution in [0.3, 0.4) is 0 Å². The van der Waals surface area contributed by atoms with Crippen molar-refractivity contribution in [2.24, 2.45) is 0 Å². The minimum Gasteiger partial charge on any atom is -0.352 e. The smallest absolute Gasteiger partial charge is 0.266 e. The molecule has 0 radical (unpaired) electrons. The molecular formula is C21H21N3O4S2. The number of nitrogens with one attached hydrogen (secondary N) is 1. The molecule has 1 aliphatic heterocycles. The maximum Gasteiger partial charge on any atom is 0.266 e. The lowest BCUT2D eigenvalue weighted by Crippen LogP contribution is -2.36. The van der Waals surface area contributed by atoms with Crippen molar-refractivity contribution >= 4 is 38.4 Å². The van der Waals surface area contributed by atoms with Crippen LogP contribution in [-0.4, -0.2) is 47.2 Å². The molecule has 0 spiro atoms. The van der Waals surface area contributed by atoms with Crippen molar-refractivity contribution in [3.63, 3.8) is 0 Å². The molecule has 9 heteroatoms. The summed E-state index contributed by atoms with van der Waals surface area (Å²) in [4.78, 5) is 30.3. The van der Waals surface area contributed by atoms with Crippen molar-refractivity contribution in [3.8, 4) is 5.69 Å². The van der Waals surface area contributed by atoms with Crippen molar-refractivity contribution in [1.82, 2.24) is 14.9 Å². The minimum atomic E-state index is -3.06. The highest BCUT2D eigenvalue weighted by Crippen LogP contribution is 2.23. The second-order valence-corrected chi connectivity index (χ2v) is 10.5. The van der Waals surface area contributed by atoms with E-state index < -0.39 is 9.84 Å². The lowest BCUT2D eigenvalue weighted by atomic mass is 10.2. The molecule has 2 aromatic carbocycles. The molecule has 1 atom stereocenters. The summed E-state index contributed by atoms with van der Waals surface area (Å²) < 4.78 is 24.7. The van der Waals surface area contributed by atoms with Crippen LogP contribution in [0, 0.1) is 6.92 Å². The molecule has 4 rings (SSSR count). The Bertz CT molecular complexity index is 1280. The summed E-state index contributed by atoms with van der Waals surface area (Å²) in [5, 5.41) is 3.70. The molecule has 30 heavy (non-hydrogen) atoms. The van der Waals surface area contributed by atoms with Crippen LogP contribution < -0.4 is 10.9 Å². The van der Waals surface area contributed by atoms with Gasteiger partial charge in [-0.3, -0.25) is 14.2 Å². The van der Waals surface area contributed by atoms with Gasteiger partial charge in [0.25, 0.3) is 5.56 Å². The molecular weight excluding hydrogens is 422 g/mol. The number of rotatable bonds is 5. The van der Waals surface area contributed by atoms with E-state index in [1.54, 1.807) is 18.2 Å². The molecule has 0 saturated carbocycles. The highest BCUT2D eigenvalue weighted by Gasteiger charge is 2.29. The number of para-hydroxylation sites is 2. The third-order valence-corrected chi connectivity index (χ3v) is 7.74. The van der Waals surface area contributed by atoms with E-state index in [9.17, 15) is 18.0 Å². The lowest BCUT2D eigenvalue weighted by Gasteiger charge is -2.15. The zero-order chi connectivity index (χ0) is 21.3. The Hall–Kier alpha value is -2.65. The van der Waals surface area contributed by atoms with E-state index in [0.29, 0.717) is 28.2 Å². The first kappa shape index (κ1) is 20.6. The van der Waals surface area contributed by atoms with Crippen molar-refractivity contribution in [3.05, 3.63) is 64.4 Å². The predicted molar refractivity (Wildman–Crippen MR) is 118 cm³/mol. The summed E-state index contributed by atoms with van der Waals surface area (Å²) >= 11 is 1.16. The molecule has 2 heterocycles. The zero-order valence-corrected chi connectivity index (χ0v) is 18.0. The molecule has 3 aromatic rings. The topological polar surface area (TPSA) is 98.1 Å². The zero-order valence-electron chi connectivity index (χ0n) is 16.4. The van der Waals surface area contributed by atoms with Crippen LogP contribution >= 0.6 is 11.8 Å². The quantitative estimate of drug-likeness (QED) is 0.479. The molecule has 1 saturated heterocycles. The van der Waals surface area contributed by atoms with Gasteiger partial charge in [0.2, 0.25) is 5.91 Å². The molecule has 0 aliphatic carbocycles. The van der Waals surface area contributed by atoms with Gasteiger partial charge in [-0.25, -0.2) is 13.4 Å². The summed E-state index contributed by atoms with van der Waals surface area (Å²) in [6, 6.07) is 14.3. The Labute approximate surface area is 178 Å². The van der Waals surface area contributed by atoms with Crippen LogP contribution in [0.15, 0.2) is 58.5 Å². The second-order valence-electron chi connectivity index (χ2n) is 7.29. The van der Waals surface area contributed by atoms with E-state index in [1.807, 2.05) is 37.3 Å². The first-order valence-electron chi connectivity index (χ1n) is 9.54. The average Bonchev–Trinajstić information content (AvgIpc) is 3.05. The SMILES string of the molecule is Cc1ccccc1-n1c(SCC(=O)N[C@H]2CCS(=O)(=O)C2)nc2ccccc2c1=O. The Morgan fingerprint density at radius 3 is 2.67 bits per heavy atom. The summed E-state index contributed by atoms with van der Waals surface area (Å²) in [5.41, 5.74) is 2.00. The number of aryl methyl sites for hydroxylation is 1. The first-order chi connectivity index (χ1) is 14.3. The number of aromatic nitrogens is 2. The van der Waals surface area contributed by atoms with Crippen molar-refractivity contribution in [2.75, 3.05) is 17.3 Å². The number of carbonyl (C=O) groups is 1. The van der Waals surface area contributed by atoms with Crippen LogP contribution in [0.25, 0.3) is 16.6 Å². The van der Waals surface area contributed by atoms with E-state index in [0.717, 1.165) is 17.3 Å². The van der Waals surface area contributed by atoms with Crippen LogP contribution in [0.5, 0.6) is 0 Å². The molecule has 1 aromatic heterocycles. The number of hydrogen-bond acceptors (Lipinski definition) is 6. The maximum absolute atomic E-state index is 13.2. The van der Waals surface area contributed by atoms with E-state index in [2.05, 4.69) is 10.3 Å². The number of carbonyl (C=O) groups excluding carboxylic acids is 1. The standard InChI is InChI=1S/C21H21N3O4S2/c1-14-6-2-5-9-18(14)24-20(26)16-7-3-4-8-17(16)23-21(24)29-12-19(25)22-15-10-11-30(27,28)13-15/h2-9,15H,10-13H2,1H3,(H,22,25)/t15-/m0/s1. The summed E-state index contributed by atoms with van der Waals surface area (Å²) in [5.74, 6) is -0.163. The fourth-order valence-electron chi connectivity index (χ4n) is 3.54. The van der Waals surface area contributed by atoms with Crippen molar-refractivity contribution < 1.29 is 13.2 Å². The Morgan fingerprint density at radius 2 is 1.93 bits per heavy atom. The Morgan fingerprint density at radius 1 is 1.20 bits per heavy atom. The number of sulfone groups is 1. The molecule has 1 aliphatic rings. The van der Waals surface area contributed by atoms with Gasteiger partial charge >= 0.3 is 0 Å². The van der Waals surface area contributed by atoms with Crippen LogP contribution in [0.1, 0.15) is 12.0 Å². The third kappa shape index (κ3) is 4.27. The second kappa shape index (κ2) is 8.23. The number of thioether (sulfide) groups is 1. The van der Waals surface area contributed by atoms with Gasteiger partial charge in [-0.2, -0.15) is 0 Å². The number of amides is 1. The van der Waals surface area contributed by atoms with Crippen LogP contribution in [-0.2, 0) is 14.6 Å². The monoisotopic (exact) mass is 443 g/mol. The molecule has 1 fully saturated rings. The lowest BCUT2D eigenvalue weighted by molar-refractivity contribution is -0.119. The number of nitrogens with zero attached hydrogens (tertiary/aromatic N) is 2. The normalized spacial score (nSPS) is 17.8. The minimum absolute atomic E-state index is 0.0223. The Balaban J connectivity index is 1.64. The van der Waals surface area contributed by atoms with E-state index >= 15 is 0 Å². The molecule has 1 N–H and O–H groups in total. The fraction of sp³-hybridized carbons (Fsp3) is 0.286. The van der Waals surface area contributed by atoms with Gasteiger partial charge in [0.15, 0.2) is 15.0 Å². The van der Waals surface area contributed by atoms with E-state index in [-0.39, 0.29) is 34.8 Å². The third-order valence-electron chi connectivity index (χ3n) is 5.03. The number of benzene rings is 2. The summed E-state index contributed by atoms with van der Waals surface area (Å²) in [7, 11) is -3.06. The van der Waals surface area contributed by atoms with Gasteiger partial charge in [-0.15, -0.1) is 0 Å². The van der Waals surface area contributed by atoms with Gasteiger partial charge in [0.1, 0.15) is 0 Å². The fourth-order valence-corrected chi connectivity index (χ4v) is 6.03. The largest absolute Gasteiger partial charge is 0.352 e. The van der Waals surface area contributed by atoms with Crippen LogP contribution in [0.4, 0.5) is 0 Å². The van der Waals surface area contributed by atoms with Crippen LogP contribution in [0.2, 0.25) is 0 Å². The van der Waals surface area contributed by atoms with E-state index in [4.69, 9.17) is 0 Å². The molecule has 0 bridgehead atoms. The first-order valence-corrected chi connectivity index (χ1v) is 12.4. The summed E-state index contributed by atoms with van der Waals surface area (Å²) in [6.07, 6.45) is 0.431. The van der Waals surface area contributed by atoms with Gasteiger partial charge < -0.3 is 5.32 Å². The van der Waals surface area contributed by atoms with Gasteiger partial charge in [0.05, 0.1) is 33.8 Å². The van der Waals surface area contributed by atoms with E-state index in [1.165, 1.54) is 4.57 Å². The van der Waals surface area contributed by atoms with Gasteiger partial charge in [-0.1, -0.05) is 42.1 Å². The number of hydrogen-bond donors (Lipinski definition) is 1. The number of fused-ring (bicyclic) bond motifs is 1. The predicted octanol–water partition coefficient (Wildman–Crippen LogP) is 2.09. The molecule has 7 nitrogen and oxygen atoms in total.